The SMILES string of the molecule is O=C1NC(=O)C(=Cc2cc3cncc(-c4cccc(NS(=O)(=O)c5ccccc5)c4)c3o2)S1. The van der Waals surface area contributed by atoms with Crippen LogP contribution in [0.25, 0.3) is 28.2 Å². The Kier molecular flexibility index (Phi) is 5.23. The summed E-state index contributed by atoms with van der Waals surface area (Å²) in [5.41, 5.74) is 2.25. The Morgan fingerprint density at radius 2 is 1.82 bits per heavy atom. The van der Waals surface area contributed by atoms with Crippen molar-refractivity contribution < 1.29 is 22.4 Å². The maximum absolute atomic E-state index is 12.7. The van der Waals surface area contributed by atoms with E-state index in [2.05, 4.69) is 15.0 Å². The van der Waals surface area contributed by atoms with Gasteiger partial charge in [0, 0.05) is 35.1 Å². The molecule has 3 heterocycles. The highest BCUT2D eigenvalue weighted by Gasteiger charge is 2.25. The van der Waals surface area contributed by atoms with Crippen LogP contribution < -0.4 is 10.0 Å². The van der Waals surface area contributed by atoms with Gasteiger partial charge in [-0.3, -0.25) is 24.6 Å². The minimum absolute atomic E-state index is 0.162. The first-order chi connectivity index (χ1) is 15.9. The minimum atomic E-state index is -3.74. The molecular weight excluding hydrogens is 462 g/mol. The number of hydrogen-bond donors (Lipinski definition) is 2. The summed E-state index contributed by atoms with van der Waals surface area (Å²) in [6, 6.07) is 16.7. The molecule has 33 heavy (non-hydrogen) atoms. The number of furan rings is 1. The summed E-state index contributed by atoms with van der Waals surface area (Å²) in [5.74, 6) is -0.0743. The van der Waals surface area contributed by atoms with Crippen LogP contribution in [-0.4, -0.2) is 24.5 Å². The lowest BCUT2D eigenvalue weighted by atomic mass is 10.1. The van der Waals surface area contributed by atoms with Crippen LogP contribution >= 0.6 is 11.8 Å². The van der Waals surface area contributed by atoms with Crippen LogP contribution in [0.3, 0.4) is 0 Å². The number of hydrogen-bond acceptors (Lipinski definition) is 7. The monoisotopic (exact) mass is 477 g/mol. The van der Waals surface area contributed by atoms with Crippen molar-refractivity contribution >= 4 is 55.7 Å². The molecule has 4 aromatic rings. The molecule has 0 atom stereocenters. The van der Waals surface area contributed by atoms with Gasteiger partial charge in [-0.15, -0.1) is 0 Å². The van der Waals surface area contributed by atoms with Gasteiger partial charge in [-0.25, -0.2) is 8.42 Å². The molecule has 10 heteroatoms. The van der Waals surface area contributed by atoms with Crippen LogP contribution in [0, 0.1) is 0 Å². The number of nitrogens with zero attached hydrogens (tertiary/aromatic N) is 1. The van der Waals surface area contributed by atoms with Gasteiger partial charge < -0.3 is 4.42 Å². The van der Waals surface area contributed by atoms with Crippen molar-refractivity contribution in [1.29, 1.82) is 0 Å². The lowest BCUT2D eigenvalue weighted by molar-refractivity contribution is -0.115. The normalized spacial score (nSPS) is 15.2. The van der Waals surface area contributed by atoms with Crippen molar-refractivity contribution in [3.05, 3.63) is 83.7 Å². The van der Waals surface area contributed by atoms with E-state index in [0.717, 1.165) is 11.8 Å². The average Bonchev–Trinajstić information content (AvgIpc) is 3.35. The number of anilines is 1. The zero-order chi connectivity index (χ0) is 23.0. The van der Waals surface area contributed by atoms with E-state index in [1.165, 1.54) is 18.2 Å². The number of amides is 2. The van der Waals surface area contributed by atoms with Crippen LogP contribution in [-0.2, 0) is 14.8 Å². The molecule has 2 amide bonds. The molecule has 2 aromatic heterocycles. The third-order valence-corrected chi connectivity index (χ3v) is 7.04. The molecule has 0 spiro atoms. The number of aromatic nitrogens is 1. The molecule has 0 unspecified atom stereocenters. The van der Waals surface area contributed by atoms with Crippen LogP contribution in [0.2, 0.25) is 0 Å². The van der Waals surface area contributed by atoms with Crippen LogP contribution in [0.4, 0.5) is 10.5 Å². The number of thioether (sulfide) groups is 1. The summed E-state index contributed by atoms with van der Waals surface area (Å²) in [6.07, 6.45) is 4.74. The number of pyridine rings is 1. The molecule has 1 aliphatic rings. The van der Waals surface area contributed by atoms with Gasteiger partial charge in [0.1, 0.15) is 11.3 Å². The fourth-order valence-corrected chi connectivity index (χ4v) is 5.11. The zero-order valence-corrected chi connectivity index (χ0v) is 18.4. The molecular formula is C23H15N3O5S2. The molecule has 0 aliphatic carbocycles. The summed E-state index contributed by atoms with van der Waals surface area (Å²) >= 11 is 0.805. The molecule has 5 rings (SSSR count). The molecule has 1 fully saturated rings. The molecule has 0 bridgehead atoms. The fraction of sp³-hybridized carbons (Fsp3) is 0. The first kappa shape index (κ1) is 21.0. The summed E-state index contributed by atoms with van der Waals surface area (Å²) in [4.78, 5) is 27.9. The quantitative estimate of drug-likeness (QED) is 0.403. The number of rotatable bonds is 5. The summed E-state index contributed by atoms with van der Waals surface area (Å²) in [6.45, 7) is 0. The second-order valence-corrected chi connectivity index (χ2v) is 9.80. The fourth-order valence-electron chi connectivity index (χ4n) is 3.37. The van der Waals surface area contributed by atoms with Gasteiger partial charge in [-0.05, 0) is 47.7 Å². The predicted molar refractivity (Wildman–Crippen MR) is 126 cm³/mol. The van der Waals surface area contributed by atoms with Crippen molar-refractivity contribution in [2.24, 2.45) is 0 Å². The third kappa shape index (κ3) is 4.26. The van der Waals surface area contributed by atoms with Crippen molar-refractivity contribution in [2.75, 3.05) is 4.72 Å². The maximum Gasteiger partial charge on any atom is 0.290 e. The number of carbonyl (C=O) groups is 2. The maximum atomic E-state index is 12.7. The molecule has 1 aliphatic heterocycles. The second-order valence-electron chi connectivity index (χ2n) is 7.11. The predicted octanol–water partition coefficient (Wildman–Crippen LogP) is 4.62. The van der Waals surface area contributed by atoms with E-state index in [4.69, 9.17) is 4.42 Å². The van der Waals surface area contributed by atoms with E-state index in [0.29, 0.717) is 33.5 Å². The third-order valence-electron chi connectivity index (χ3n) is 4.84. The molecule has 2 N–H and O–H groups in total. The molecule has 8 nitrogen and oxygen atoms in total. The standard InChI is InChI=1S/C23H15N3O5S2/c27-22-20(32-23(28)25-22)11-17-10-15-12-24-13-19(21(15)31-17)14-5-4-6-16(9-14)26-33(29,30)18-7-2-1-3-8-18/h1-13,26H,(H,25,27,28). The summed E-state index contributed by atoms with van der Waals surface area (Å²) in [5, 5.41) is 2.47. The molecule has 1 saturated heterocycles. The zero-order valence-electron chi connectivity index (χ0n) is 16.8. The summed E-state index contributed by atoms with van der Waals surface area (Å²) < 4.78 is 33.9. The number of benzene rings is 2. The molecule has 0 saturated carbocycles. The van der Waals surface area contributed by atoms with Gasteiger partial charge in [0.15, 0.2) is 0 Å². The van der Waals surface area contributed by atoms with E-state index in [-0.39, 0.29) is 9.80 Å². The number of fused-ring (bicyclic) bond motifs is 1. The Bertz CT molecular complexity index is 1540. The van der Waals surface area contributed by atoms with Crippen LogP contribution in [0.1, 0.15) is 5.76 Å². The van der Waals surface area contributed by atoms with Gasteiger partial charge >= 0.3 is 0 Å². The number of sulfonamides is 1. The molecule has 0 radical (unpaired) electrons. The van der Waals surface area contributed by atoms with Crippen LogP contribution in [0.5, 0.6) is 0 Å². The van der Waals surface area contributed by atoms with Gasteiger partial charge in [0.05, 0.1) is 9.80 Å². The van der Waals surface area contributed by atoms with E-state index < -0.39 is 21.2 Å². The summed E-state index contributed by atoms with van der Waals surface area (Å²) in [7, 11) is -3.74. The lowest BCUT2D eigenvalue weighted by Crippen LogP contribution is -2.17. The largest absolute Gasteiger partial charge is 0.456 e. The number of imide groups is 1. The minimum Gasteiger partial charge on any atom is -0.456 e. The smallest absolute Gasteiger partial charge is 0.290 e. The van der Waals surface area contributed by atoms with Gasteiger partial charge in [0.2, 0.25) is 0 Å². The van der Waals surface area contributed by atoms with Gasteiger partial charge in [-0.1, -0.05) is 30.3 Å². The van der Waals surface area contributed by atoms with E-state index in [1.54, 1.807) is 54.9 Å². The molecule has 164 valence electrons. The van der Waals surface area contributed by atoms with Crippen molar-refractivity contribution in [1.82, 2.24) is 10.3 Å². The topological polar surface area (TPSA) is 118 Å². The Labute approximate surface area is 192 Å². The van der Waals surface area contributed by atoms with Gasteiger partial charge in [-0.2, -0.15) is 0 Å². The van der Waals surface area contributed by atoms with Crippen molar-refractivity contribution in [2.45, 2.75) is 4.90 Å². The van der Waals surface area contributed by atoms with E-state index in [9.17, 15) is 18.0 Å². The van der Waals surface area contributed by atoms with Crippen molar-refractivity contribution in [3.63, 3.8) is 0 Å². The average molecular weight is 478 g/mol. The first-order valence-electron chi connectivity index (χ1n) is 9.70. The Morgan fingerprint density at radius 3 is 2.58 bits per heavy atom. The van der Waals surface area contributed by atoms with E-state index in [1.807, 2.05) is 6.07 Å². The highest BCUT2D eigenvalue weighted by molar-refractivity contribution is 8.18. The number of carbonyl (C=O) groups excluding carboxylic acids is 2. The highest BCUT2D eigenvalue weighted by atomic mass is 32.2. The lowest BCUT2D eigenvalue weighted by Gasteiger charge is -2.10. The van der Waals surface area contributed by atoms with E-state index >= 15 is 0 Å². The Hall–Kier alpha value is -3.89. The second kappa shape index (κ2) is 8.23. The molecule has 2 aromatic carbocycles. The Balaban J connectivity index is 1.50. The first-order valence-corrected chi connectivity index (χ1v) is 12.0. The number of nitrogens with one attached hydrogen (secondary N) is 2. The Morgan fingerprint density at radius 1 is 1.00 bits per heavy atom. The van der Waals surface area contributed by atoms with Crippen molar-refractivity contribution in [3.8, 4) is 11.1 Å². The highest BCUT2D eigenvalue weighted by Crippen LogP contribution is 2.34. The van der Waals surface area contributed by atoms with Crippen LogP contribution in [0.15, 0.2) is 87.3 Å². The van der Waals surface area contributed by atoms with Gasteiger partial charge in [0.25, 0.3) is 21.2 Å².